The molecule has 0 aromatic heterocycles. The Morgan fingerprint density at radius 2 is 1.95 bits per heavy atom. The van der Waals surface area contributed by atoms with Gasteiger partial charge in [0.2, 0.25) is 5.91 Å². The molecule has 1 fully saturated rings. The number of carbonyl (C=O) groups excluding carboxylic acids is 1. The molecule has 0 spiro atoms. The number of likely N-dealkylation sites (N-methyl/N-ethyl adjacent to an activating group) is 1. The second-order valence-electron chi connectivity index (χ2n) is 5.53. The van der Waals surface area contributed by atoms with Gasteiger partial charge >= 0.3 is 0 Å². The molecule has 1 amide bonds. The Morgan fingerprint density at radius 3 is 2.62 bits per heavy atom. The third kappa shape index (κ3) is 4.19. The number of amides is 1. The Bertz CT molecular complexity index is 470. The van der Waals surface area contributed by atoms with Gasteiger partial charge in [-0.1, -0.05) is 18.2 Å². The fourth-order valence-corrected chi connectivity index (χ4v) is 2.54. The molecule has 0 bridgehead atoms. The van der Waals surface area contributed by atoms with Crippen LogP contribution in [0.1, 0.15) is 18.5 Å². The van der Waals surface area contributed by atoms with Crippen LogP contribution in [0, 0.1) is 0 Å². The molecule has 1 aromatic carbocycles. The van der Waals surface area contributed by atoms with Gasteiger partial charge in [-0.3, -0.25) is 4.79 Å². The first-order chi connectivity index (χ1) is 10.1. The van der Waals surface area contributed by atoms with Crippen LogP contribution in [0.5, 0.6) is 5.75 Å². The van der Waals surface area contributed by atoms with Gasteiger partial charge in [0.05, 0.1) is 13.7 Å². The van der Waals surface area contributed by atoms with E-state index >= 15 is 0 Å². The quantitative estimate of drug-likeness (QED) is 0.883. The molecule has 0 unspecified atom stereocenters. The molecule has 1 atom stereocenters. The van der Waals surface area contributed by atoms with E-state index in [1.54, 1.807) is 7.11 Å². The van der Waals surface area contributed by atoms with Crippen molar-refractivity contribution in [3.05, 3.63) is 29.8 Å². The van der Waals surface area contributed by atoms with Gasteiger partial charge in [-0.05, 0) is 20.0 Å². The maximum absolute atomic E-state index is 12.2. The maximum Gasteiger partial charge on any atom is 0.236 e. The number of rotatable bonds is 5. The first-order valence-electron chi connectivity index (χ1n) is 7.44. The zero-order valence-corrected chi connectivity index (χ0v) is 13.1. The van der Waals surface area contributed by atoms with E-state index in [-0.39, 0.29) is 11.9 Å². The standard InChI is InChI=1S/C16H25N3O2/c1-13(14-6-4-5-7-15(14)21-3)17-12-16(20)19-10-8-18(2)9-11-19/h4-7,13,17H,8-12H2,1-3H3/t13-/m0/s1. The molecule has 116 valence electrons. The topological polar surface area (TPSA) is 44.8 Å². The van der Waals surface area contributed by atoms with Gasteiger partial charge < -0.3 is 19.9 Å². The lowest BCUT2D eigenvalue weighted by Crippen LogP contribution is -2.49. The van der Waals surface area contributed by atoms with E-state index in [2.05, 4.69) is 24.2 Å². The highest BCUT2D eigenvalue weighted by atomic mass is 16.5. The van der Waals surface area contributed by atoms with Crippen molar-refractivity contribution in [1.82, 2.24) is 15.1 Å². The third-order valence-corrected chi connectivity index (χ3v) is 4.02. The van der Waals surface area contributed by atoms with Crippen LogP contribution < -0.4 is 10.1 Å². The molecule has 0 aliphatic carbocycles. The highest BCUT2D eigenvalue weighted by molar-refractivity contribution is 5.78. The van der Waals surface area contributed by atoms with Crippen LogP contribution >= 0.6 is 0 Å². The highest BCUT2D eigenvalue weighted by Gasteiger charge is 2.19. The van der Waals surface area contributed by atoms with Crippen molar-refractivity contribution >= 4 is 5.91 Å². The molecular weight excluding hydrogens is 266 g/mol. The van der Waals surface area contributed by atoms with Gasteiger partial charge in [-0.15, -0.1) is 0 Å². The zero-order valence-electron chi connectivity index (χ0n) is 13.1. The summed E-state index contributed by atoms with van der Waals surface area (Å²) in [7, 11) is 3.75. The predicted molar refractivity (Wildman–Crippen MR) is 83.5 cm³/mol. The van der Waals surface area contributed by atoms with Crippen LogP contribution in [0.2, 0.25) is 0 Å². The average molecular weight is 291 g/mol. The molecule has 5 nitrogen and oxygen atoms in total. The summed E-state index contributed by atoms with van der Waals surface area (Å²) in [6, 6.07) is 7.98. The van der Waals surface area contributed by atoms with E-state index in [0.717, 1.165) is 37.5 Å². The SMILES string of the molecule is COc1ccccc1[C@H](C)NCC(=O)N1CCN(C)CC1. The average Bonchev–Trinajstić information content (AvgIpc) is 2.52. The molecule has 0 radical (unpaired) electrons. The molecule has 1 aromatic rings. The fourth-order valence-electron chi connectivity index (χ4n) is 2.54. The lowest BCUT2D eigenvalue weighted by molar-refractivity contribution is -0.131. The summed E-state index contributed by atoms with van der Waals surface area (Å²) >= 11 is 0. The van der Waals surface area contributed by atoms with Crippen molar-refractivity contribution in [1.29, 1.82) is 0 Å². The van der Waals surface area contributed by atoms with Crippen LogP contribution in [0.15, 0.2) is 24.3 Å². The number of carbonyl (C=O) groups is 1. The van der Waals surface area contributed by atoms with Crippen LogP contribution in [0.25, 0.3) is 0 Å². The van der Waals surface area contributed by atoms with Crippen molar-refractivity contribution < 1.29 is 9.53 Å². The summed E-state index contributed by atoms with van der Waals surface area (Å²) in [5, 5.41) is 3.30. The van der Waals surface area contributed by atoms with Gasteiger partial charge in [0, 0.05) is 37.8 Å². The Hall–Kier alpha value is -1.59. The molecular formula is C16H25N3O2. The van der Waals surface area contributed by atoms with E-state index in [0.29, 0.717) is 6.54 Å². The van der Waals surface area contributed by atoms with Gasteiger partial charge in [-0.25, -0.2) is 0 Å². The number of benzene rings is 1. The molecule has 1 N–H and O–H groups in total. The van der Waals surface area contributed by atoms with E-state index < -0.39 is 0 Å². The second kappa shape index (κ2) is 7.43. The minimum Gasteiger partial charge on any atom is -0.496 e. The highest BCUT2D eigenvalue weighted by Crippen LogP contribution is 2.24. The molecule has 1 saturated heterocycles. The molecule has 2 rings (SSSR count). The fraction of sp³-hybridized carbons (Fsp3) is 0.562. The Labute approximate surface area is 126 Å². The number of piperazine rings is 1. The van der Waals surface area contributed by atoms with Crippen molar-refractivity contribution in [2.24, 2.45) is 0 Å². The Balaban J connectivity index is 1.86. The minimum absolute atomic E-state index is 0.0811. The van der Waals surface area contributed by atoms with Crippen molar-refractivity contribution in [2.75, 3.05) is 46.9 Å². The summed E-state index contributed by atoms with van der Waals surface area (Å²) in [6.45, 7) is 5.96. The van der Waals surface area contributed by atoms with Crippen LogP contribution in [0.3, 0.4) is 0 Å². The summed E-state index contributed by atoms with van der Waals surface area (Å²) < 4.78 is 5.36. The number of nitrogens with zero attached hydrogens (tertiary/aromatic N) is 2. The number of methoxy groups -OCH3 is 1. The summed E-state index contributed by atoms with van der Waals surface area (Å²) in [5.41, 5.74) is 1.08. The zero-order chi connectivity index (χ0) is 15.2. The largest absolute Gasteiger partial charge is 0.496 e. The molecule has 1 aliphatic heterocycles. The van der Waals surface area contributed by atoms with Crippen molar-refractivity contribution in [3.63, 3.8) is 0 Å². The van der Waals surface area contributed by atoms with Crippen LogP contribution in [0.4, 0.5) is 0 Å². The van der Waals surface area contributed by atoms with Gasteiger partial charge in [0.1, 0.15) is 5.75 Å². The normalized spacial score (nSPS) is 17.6. The number of nitrogens with one attached hydrogen (secondary N) is 1. The second-order valence-corrected chi connectivity index (χ2v) is 5.53. The lowest BCUT2D eigenvalue weighted by Gasteiger charge is -2.32. The molecule has 5 heteroatoms. The summed E-state index contributed by atoms with van der Waals surface area (Å²) in [5.74, 6) is 1.02. The maximum atomic E-state index is 12.2. The summed E-state index contributed by atoms with van der Waals surface area (Å²) in [4.78, 5) is 16.4. The molecule has 1 aliphatic rings. The van der Waals surface area contributed by atoms with E-state index in [9.17, 15) is 4.79 Å². The number of hydrogen-bond donors (Lipinski definition) is 1. The lowest BCUT2D eigenvalue weighted by atomic mass is 10.1. The van der Waals surface area contributed by atoms with E-state index in [1.807, 2.05) is 29.2 Å². The smallest absolute Gasteiger partial charge is 0.236 e. The first-order valence-corrected chi connectivity index (χ1v) is 7.44. The van der Waals surface area contributed by atoms with Crippen molar-refractivity contribution in [3.8, 4) is 5.75 Å². The van der Waals surface area contributed by atoms with Gasteiger partial charge in [0.25, 0.3) is 0 Å². The van der Waals surface area contributed by atoms with Crippen LogP contribution in [-0.4, -0.2) is 62.6 Å². The van der Waals surface area contributed by atoms with Crippen molar-refractivity contribution in [2.45, 2.75) is 13.0 Å². The molecule has 21 heavy (non-hydrogen) atoms. The van der Waals surface area contributed by atoms with E-state index in [1.165, 1.54) is 0 Å². The Kier molecular flexibility index (Phi) is 5.59. The number of ether oxygens (including phenoxy) is 1. The minimum atomic E-state index is 0.0811. The van der Waals surface area contributed by atoms with Gasteiger partial charge in [-0.2, -0.15) is 0 Å². The van der Waals surface area contributed by atoms with Crippen LogP contribution in [-0.2, 0) is 4.79 Å². The molecule has 0 saturated carbocycles. The monoisotopic (exact) mass is 291 g/mol. The third-order valence-electron chi connectivity index (χ3n) is 4.02. The van der Waals surface area contributed by atoms with E-state index in [4.69, 9.17) is 4.74 Å². The number of para-hydroxylation sites is 1. The van der Waals surface area contributed by atoms with Gasteiger partial charge in [0.15, 0.2) is 0 Å². The number of hydrogen-bond acceptors (Lipinski definition) is 4. The Morgan fingerprint density at radius 1 is 1.29 bits per heavy atom. The summed E-state index contributed by atoms with van der Waals surface area (Å²) in [6.07, 6.45) is 0. The molecule has 1 heterocycles. The first kappa shape index (κ1) is 15.8. The predicted octanol–water partition coefficient (Wildman–Crippen LogP) is 1.12.